The molecule has 0 aliphatic rings. The molecule has 4 aromatic rings. The molecule has 8 nitrogen and oxygen atoms in total. The van der Waals surface area contributed by atoms with Crippen molar-refractivity contribution in [1.82, 2.24) is 15.0 Å². The third kappa shape index (κ3) is 5.25. The number of aliphatic hydroxyl groups is 1. The number of methoxy groups -OCH3 is 2. The summed E-state index contributed by atoms with van der Waals surface area (Å²) in [6.07, 6.45) is 0.330. The Morgan fingerprint density at radius 2 is 1.74 bits per heavy atom. The number of hydrogen-bond donors (Lipinski definition) is 1. The molecule has 0 atom stereocenters. The second-order valence-corrected chi connectivity index (χ2v) is 7.77. The zero-order chi connectivity index (χ0) is 24.9. The molecule has 182 valence electrons. The number of hydrogen-bond acceptors (Lipinski definition) is 8. The van der Waals surface area contributed by atoms with Gasteiger partial charge in [0.15, 0.2) is 5.82 Å². The SMILES string of the molecule is COc1ccc(-c2nc(COc3nc(-c4ccc(F)cc4)nc(C)c3CCO)c(C)o2)c(OC)c1. The number of benzene rings is 2. The molecule has 0 fully saturated rings. The van der Waals surface area contributed by atoms with Gasteiger partial charge in [-0.3, -0.25) is 0 Å². The number of aryl methyl sites for hydroxylation is 2. The van der Waals surface area contributed by atoms with Crippen LogP contribution in [0.1, 0.15) is 22.7 Å². The quantitative estimate of drug-likeness (QED) is 0.369. The number of oxazole rings is 1. The summed E-state index contributed by atoms with van der Waals surface area (Å²) < 4.78 is 36.0. The third-order valence-corrected chi connectivity index (χ3v) is 5.52. The largest absolute Gasteiger partial charge is 0.497 e. The van der Waals surface area contributed by atoms with Crippen molar-refractivity contribution in [3.63, 3.8) is 0 Å². The maximum atomic E-state index is 13.4. The summed E-state index contributed by atoms with van der Waals surface area (Å²) in [7, 11) is 3.15. The van der Waals surface area contributed by atoms with Gasteiger partial charge in [-0.25, -0.2) is 14.4 Å². The van der Waals surface area contributed by atoms with E-state index in [9.17, 15) is 9.50 Å². The number of aromatic nitrogens is 3. The summed E-state index contributed by atoms with van der Waals surface area (Å²) in [4.78, 5) is 13.7. The first-order chi connectivity index (χ1) is 16.9. The molecular formula is C26H26FN3O5. The standard InChI is InChI=1S/C26H26FN3O5/c1-15-20(11-12-31)25(30-24(28-15)17-5-7-18(27)8-6-17)34-14-22-16(2)35-26(29-22)21-10-9-19(32-3)13-23(21)33-4/h5-10,13,31H,11-12,14H2,1-4H3. The molecule has 0 spiro atoms. The Morgan fingerprint density at radius 3 is 2.43 bits per heavy atom. The average Bonchev–Trinajstić information content (AvgIpc) is 3.24. The average molecular weight is 480 g/mol. The highest BCUT2D eigenvalue weighted by Gasteiger charge is 2.19. The van der Waals surface area contributed by atoms with Crippen molar-refractivity contribution in [2.75, 3.05) is 20.8 Å². The normalized spacial score (nSPS) is 10.9. The Morgan fingerprint density at radius 1 is 0.971 bits per heavy atom. The Balaban J connectivity index is 1.63. The smallest absolute Gasteiger partial charge is 0.230 e. The highest BCUT2D eigenvalue weighted by molar-refractivity contribution is 5.65. The molecule has 0 unspecified atom stereocenters. The van der Waals surface area contributed by atoms with Gasteiger partial charge in [0.1, 0.15) is 35.4 Å². The van der Waals surface area contributed by atoms with Crippen LogP contribution < -0.4 is 14.2 Å². The molecule has 0 radical (unpaired) electrons. The van der Waals surface area contributed by atoms with E-state index < -0.39 is 0 Å². The summed E-state index contributed by atoms with van der Waals surface area (Å²) in [6.45, 7) is 3.63. The van der Waals surface area contributed by atoms with Gasteiger partial charge in [0.05, 0.1) is 19.8 Å². The fourth-order valence-corrected chi connectivity index (χ4v) is 3.61. The molecule has 0 aliphatic carbocycles. The molecule has 2 heterocycles. The zero-order valence-corrected chi connectivity index (χ0v) is 20.0. The highest BCUT2D eigenvalue weighted by atomic mass is 19.1. The van der Waals surface area contributed by atoms with Crippen LogP contribution in [0.25, 0.3) is 22.8 Å². The topological polar surface area (TPSA) is 99.7 Å². The lowest BCUT2D eigenvalue weighted by Crippen LogP contribution is -2.08. The summed E-state index contributed by atoms with van der Waals surface area (Å²) >= 11 is 0. The lowest BCUT2D eigenvalue weighted by Gasteiger charge is -2.13. The molecule has 0 saturated carbocycles. The molecule has 0 aliphatic heterocycles. The van der Waals surface area contributed by atoms with E-state index in [0.717, 1.165) is 0 Å². The predicted octanol–water partition coefficient (Wildman–Crippen LogP) is 4.69. The molecule has 35 heavy (non-hydrogen) atoms. The van der Waals surface area contributed by atoms with E-state index in [0.29, 0.717) is 69.4 Å². The summed E-state index contributed by atoms with van der Waals surface area (Å²) in [5, 5.41) is 9.53. The highest BCUT2D eigenvalue weighted by Crippen LogP contribution is 2.34. The van der Waals surface area contributed by atoms with E-state index in [1.54, 1.807) is 45.4 Å². The lowest BCUT2D eigenvalue weighted by atomic mass is 10.1. The van der Waals surface area contributed by atoms with Crippen LogP contribution in [-0.4, -0.2) is 40.9 Å². The van der Waals surface area contributed by atoms with Crippen LogP contribution in [0.2, 0.25) is 0 Å². The van der Waals surface area contributed by atoms with Crippen molar-refractivity contribution < 1.29 is 28.1 Å². The number of halogens is 1. The fraction of sp³-hybridized carbons (Fsp3) is 0.269. The van der Waals surface area contributed by atoms with Gasteiger partial charge in [-0.15, -0.1) is 0 Å². The van der Waals surface area contributed by atoms with E-state index in [4.69, 9.17) is 18.6 Å². The number of nitrogens with zero attached hydrogens (tertiary/aromatic N) is 3. The first kappa shape index (κ1) is 24.2. The van der Waals surface area contributed by atoms with Gasteiger partial charge in [0.2, 0.25) is 11.8 Å². The molecule has 2 aromatic carbocycles. The van der Waals surface area contributed by atoms with Gasteiger partial charge in [0.25, 0.3) is 0 Å². The second-order valence-electron chi connectivity index (χ2n) is 7.77. The molecule has 0 amide bonds. The van der Waals surface area contributed by atoms with Gasteiger partial charge in [0, 0.05) is 35.9 Å². The number of aliphatic hydroxyl groups excluding tert-OH is 1. The second kappa shape index (κ2) is 10.5. The van der Waals surface area contributed by atoms with Crippen LogP contribution in [0, 0.1) is 19.7 Å². The van der Waals surface area contributed by atoms with Gasteiger partial charge in [-0.1, -0.05) is 0 Å². The van der Waals surface area contributed by atoms with E-state index in [1.165, 1.54) is 12.1 Å². The monoisotopic (exact) mass is 479 g/mol. The fourth-order valence-electron chi connectivity index (χ4n) is 3.61. The summed E-state index contributed by atoms with van der Waals surface area (Å²) in [6, 6.07) is 11.3. The first-order valence-electron chi connectivity index (χ1n) is 11.0. The van der Waals surface area contributed by atoms with Crippen LogP contribution in [0.5, 0.6) is 17.4 Å². The molecule has 1 N–H and O–H groups in total. The van der Waals surface area contributed by atoms with Crippen molar-refractivity contribution in [3.8, 4) is 40.2 Å². The minimum absolute atomic E-state index is 0.0825. The van der Waals surface area contributed by atoms with Crippen molar-refractivity contribution >= 4 is 0 Å². The predicted molar refractivity (Wildman–Crippen MR) is 127 cm³/mol. The van der Waals surface area contributed by atoms with Crippen LogP contribution >= 0.6 is 0 Å². The van der Waals surface area contributed by atoms with E-state index in [-0.39, 0.29) is 19.0 Å². The Kier molecular flexibility index (Phi) is 7.26. The van der Waals surface area contributed by atoms with Crippen molar-refractivity contribution in [2.45, 2.75) is 26.9 Å². The maximum Gasteiger partial charge on any atom is 0.230 e. The van der Waals surface area contributed by atoms with Gasteiger partial charge < -0.3 is 23.7 Å². The first-order valence-corrected chi connectivity index (χ1v) is 11.0. The van der Waals surface area contributed by atoms with E-state index in [1.807, 2.05) is 13.0 Å². The maximum absolute atomic E-state index is 13.4. The third-order valence-electron chi connectivity index (χ3n) is 5.52. The Bertz CT molecular complexity index is 1320. The van der Waals surface area contributed by atoms with Gasteiger partial charge in [-0.2, -0.15) is 4.98 Å². The summed E-state index contributed by atoms with van der Waals surface area (Å²) in [5.41, 5.74) is 3.29. The van der Waals surface area contributed by atoms with Crippen LogP contribution in [-0.2, 0) is 13.0 Å². The molecular weight excluding hydrogens is 453 g/mol. The lowest BCUT2D eigenvalue weighted by molar-refractivity contribution is 0.272. The van der Waals surface area contributed by atoms with Crippen molar-refractivity contribution in [2.24, 2.45) is 0 Å². The molecule has 2 aromatic heterocycles. The number of ether oxygens (including phenoxy) is 3. The molecule has 0 saturated heterocycles. The Labute approximate surface area is 202 Å². The number of rotatable bonds is 9. The van der Waals surface area contributed by atoms with Crippen LogP contribution in [0.15, 0.2) is 46.9 Å². The minimum atomic E-state index is -0.343. The van der Waals surface area contributed by atoms with Crippen LogP contribution in [0.3, 0.4) is 0 Å². The van der Waals surface area contributed by atoms with E-state index >= 15 is 0 Å². The van der Waals surface area contributed by atoms with Gasteiger partial charge in [-0.05, 0) is 50.2 Å². The summed E-state index contributed by atoms with van der Waals surface area (Å²) in [5.74, 6) is 2.60. The molecule has 4 rings (SSSR count). The molecule has 0 bridgehead atoms. The van der Waals surface area contributed by atoms with E-state index in [2.05, 4.69) is 15.0 Å². The minimum Gasteiger partial charge on any atom is -0.497 e. The van der Waals surface area contributed by atoms with Gasteiger partial charge >= 0.3 is 0 Å². The zero-order valence-electron chi connectivity index (χ0n) is 20.0. The van der Waals surface area contributed by atoms with Crippen LogP contribution in [0.4, 0.5) is 4.39 Å². The molecule has 9 heteroatoms. The Hall–Kier alpha value is -3.98. The van der Waals surface area contributed by atoms with Crippen molar-refractivity contribution in [3.05, 3.63) is 71.0 Å². The van der Waals surface area contributed by atoms with Crippen molar-refractivity contribution in [1.29, 1.82) is 0 Å².